The molecular formula is C15H20ClN3. The summed E-state index contributed by atoms with van der Waals surface area (Å²) in [5, 5.41) is -0.0688. The normalized spacial score (nSPS) is 18.7. The van der Waals surface area contributed by atoms with Gasteiger partial charge in [-0.1, -0.05) is 19.8 Å². The number of halogens is 1. The van der Waals surface area contributed by atoms with Gasteiger partial charge in [0.25, 0.3) is 0 Å². The third-order valence-electron chi connectivity index (χ3n) is 4.01. The molecule has 102 valence electrons. The summed E-state index contributed by atoms with van der Waals surface area (Å²) < 4.78 is 2.35. The molecule has 2 heterocycles. The Balaban J connectivity index is 2.09. The summed E-state index contributed by atoms with van der Waals surface area (Å²) in [5.41, 5.74) is 2.13. The maximum atomic E-state index is 6.33. The summed E-state index contributed by atoms with van der Waals surface area (Å²) in [6.45, 7) is 4.25. The molecule has 0 N–H and O–H groups in total. The Morgan fingerprint density at radius 1 is 1.47 bits per heavy atom. The van der Waals surface area contributed by atoms with Gasteiger partial charge in [-0.2, -0.15) is 0 Å². The van der Waals surface area contributed by atoms with Crippen LogP contribution in [0.25, 0.3) is 11.0 Å². The van der Waals surface area contributed by atoms with Crippen molar-refractivity contribution in [2.75, 3.05) is 0 Å². The maximum Gasteiger partial charge on any atom is 0.128 e. The molecular weight excluding hydrogens is 258 g/mol. The standard InChI is InChI=1S/C15H20ClN3/c1-3-12(8-11-4-5-11)19-14-6-7-17-9-13(14)18-15(19)10(2)16/h6-7,9-12H,3-5,8H2,1-2H3. The number of imidazole rings is 1. The Hall–Kier alpha value is -1.09. The van der Waals surface area contributed by atoms with Gasteiger partial charge in [-0.25, -0.2) is 4.98 Å². The van der Waals surface area contributed by atoms with E-state index in [9.17, 15) is 0 Å². The lowest BCUT2D eigenvalue weighted by atomic mass is 10.1. The molecule has 1 saturated carbocycles. The molecule has 0 bridgehead atoms. The van der Waals surface area contributed by atoms with Gasteiger partial charge in [-0.15, -0.1) is 11.6 Å². The van der Waals surface area contributed by atoms with Gasteiger partial charge in [0.1, 0.15) is 11.3 Å². The SMILES string of the molecule is CCC(CC1CC1)n1c(C(C)Cl)nc2cnccc21. The average Bonchev–Trinajstić information content (AvgIpc) is 3.14. The molecule has 0 spiro atoms. The first-order valence-corrected chi connectivity index (χ1v) is 7.60. The quantitative estimate of drug-likeness (QED) is 0.754. The van der Waals surface area contributed by atoms with Crippen LogP contribution in [0.3, 0.4) is 0 Å². The van der Waals surface area contributed by atoms with Crippen LogP contribution >= 0.6 is 11.6 Å². The van der Waals surface area contributed by atoms with Gasteiger partial charge >= 0.3 is 0 Å². The molecule has 19 heavy (non-hydrogen) atoms. The van der Waals surface area contributed by atoms with Gasteiger partial charge in [0.05, 0.1) is 17.1 Å². The van der Waals surface area contributed by atoms with Gasteiger partial charge in [-0.05, 0) is 31.7 Å². The van der Waals surface area contributed by atoms with E-state index in [1.165, 1.54) is 24.8 Å². The van der Waals surface area contributed by atoms with Crippen molar-refractivity contribution in [3.63, 3.8) is 0 Å². The molecule has 2 aromatic rings. The third-order valence-corrected chi connectivity index (χ3v) is 4.21. The van der Waals surface area contributed by atoms with E-state index in [0.29, 0.717) is 6.04 Å². The molecule has 2 aromatic heterocycles. The van der Waals surface area contributed by atoms with E-state index in [2.05, 4.69) is 27.5 Å². The fourth-order valence-electron chi connectivity index (χ4n) is 2.83. The van der Waals surface area contributed by atoms with Crippen LogP contribution in [0.2, 0.25) is 0 Å². The zero-order chi connectivity index (χ0) is 13.4. The number of hydrogen-bond donors (Lipinski definition) is 0. The molecule has 0 radical (unpaired) electrons. The summed E-state index contributed by atoms with van der Waals surface area (Å²) >= 11 is 6.33. The monoisotopic (exact) mass is 277 g/mol. The van der Waals surface area contributed by atoms with E-state index in [-0.39, 0.29) is 5.38 Å². The highest BCUT2D eigenvalue weighted by Crippen LogP contribution is 2.40. The van der Waals surface area contributed by atoms with E-state index in [1.807, 2.05) is 19.3 Å². The van der Waals surface area contributed by atoms with E-state index in [1.54, 1.807) is 0 Å². The van der Waals surface area contributed by atoms with Crippen molar-refractivity contribution in [3.05, 3.63) is 24.3 Å². The molecule has 0 saturated heterocycles. The maximum absolute atomic E-state index is 6.33. The zero-order valence-corrected chi connectivity index (χ0v) is 12.3. The Morgan fingerprint density at radius 2 is 2.26 bits per heavy atom. The number of fused-ring (bicyclic) bond motifs is 1. The smallest absolute Gasteiger partial charge is 0.128 e. The summed E-state index contributed by atoms with van der Waals surface area (Å²) in [4.78, 5) is 8.84. The number of pyridine rings is 1. The summed E-state index contributed by atoms with van der Waals surface area (Å²) in [5.74, 6) is 1.89. The van der Waals surface area contributed by atoms with Crippen molar-refractivity contribution in [1.82, 2.24) is 14.5 Å². The average molecular weight is 278 g/mol. The van der Waals surface area contributed by atoms with Crippen LogP contribution in [0.5, 0.6) is 0 Å². The van der Waals surface area contributed by atoms with Crippen LogP contribution in [0.4, 0.5) is 0 Å². The second kappa shape index (κ2) is 5.12. The third kappa shape index (κ3) is 2.48. The van der Waals surface area contributed by atoms with E-state index >= 15 is 0 Å². The van der Waals surface area contributed by atoms with Crippen LogP contribution in [-0.4, -0.2) is 14.5 Å². The molecule has 0 aliphatic heterocycles. The topological polar surface area (TPSA) is 30.7 Å². The van der Waals surface area contributed by atoms with Crippen molar-refractivity contribution in [2.24, 2.45) is 5.92 Å². The number of hydrogen-bond acceptors (Lipinski definition) is 2. The summed E-state index contributed by atoms with van der Waals surface area (Å²) in [6, 6.07) is 2.57. The molecule has 1 fully saturated rings. The first-order chi connectivity index (χ1) is 9.20. The lowest BCUT2D eigenvalue weighted by molar-refractivity contribution is 0.425. The predicted octanol–water partition coefficient (Wildman–Crippen LogP) is 4.48. The second-order valence-electron chi connectivity index (χ2n) is 5.56. The molecule has 4 heteroatoms. The number of alkyl halides is 1. The van der Waals surface area contributed by atoms with E-state index < -0.39 is 0 Å². The lowest BCUT2D eigenvalue weighted by Crippen LogP contribution is -2.13. The van der Waals surface area contributed by atoms with Crippen LogP contribution in [0, 0.1) is 5.92 Å². The van der Waals surface area contributed by atoms with Crippen LogP contribution in [0.1, 0.15) is 56.8 Å². The van der Waals surface area contributed by atoms with Gasteiger partial charge in [0, 0.05) is 12.2 Å². The van der Waals surface area contributed by atoms with Crippen molar-refractivity contribution in [1.29, 1.82) is 0 Å². The zero-order valence-electron chi connectivity index (χ0n) is 11.5. The van der Waals surface area contributed by atoms with Crippen molar-refractivity contribution in [2.45, 2.75) is 50.9 Å². The highest BCUT2D eigenvalue weighted by atomic mass is 35.5. The Labute approximate surface area is 119 Å². The molecule has 3 nitrogen and oxygen atoms in total. The lowest BCUT2D eigenvalue weighted by Gasteiger charge is -2.21. The molecule has 1 aliphatic rings. The Bertz CT molecular complexity index is 572. The highest BCUT2D eigenvalue weighted by molar-refractivity contribution is 6.20. The second-order valence-corrected chi connectivity index (χ2v) is 6.22. The Kier molecular flexibility index (Phi) is 3.48. The van der Waals surface area contributed by atoms with Crippen molar-refractivity contribution in [3.8, 4) is 0 Å². The first-order valence-electron chi connectivity index (χ1n) is 7.16. The van der Waals surface area contributed by atoms with Crippen molar-refractivity contribution < 1.29 is 0 Å². The fourth-order valence-corrected chi connectivity index (χ4v) is 2.98. The minimum Gasteiger partial charge on any atom is -0.324 e. The molecule has 2 atom stereocenters. The number of rotatable bonds is 5. The molecule has 3 rings (SSSR count). The van der Waals surface area contributed by atoms with Crippen LogP contribution in [-0.2, 0) is 0 Å². The number of aromatic nitrogens is 3. The van der Waals surface area contributed by atoms with Gasteiger partial charge in [0.15, 0.2) is 0 Å². The summed E-state index contributed by atoms with van der Waals surface area (Å²) in [7, 11) is 0. The molecule has 2 unspecified atom stereocenters. The minimum atomic E-state index is -0.0688. The van der Waals surface area contributed by atoms with Gasteiger partial charge in [0.2, 0.25) is 0 Å². The van der Waals surface area contributed by atoms with Gasteiger partial charge < -0.3 is 4.57 Å². The highest BCUT2D eigenvalue weighted by Gasteiger charge is 2.28. The minimum absolute atomic E-state index is 0.0688. The number of nitrogens with zero attached hydrogens (tertiary/aromatic N) is 3. The predicted molar refractivity (Wildman–Crippen MR) is 78.5 cm³/mol. The molecule has 1 aliphatic carbocycles. The van der Waals surface area contributed by atoms with Crippen LogP contribution < -0.4 is 0 Å². The summed E-state index contributed by atoms with van der Waals surface area (Å²) in [6.07, 6.45) is 8.82. The van der Waals surface area contributed by atoms with E-state index in [4.69, 9.17) is 11.6 Å². The van der Waals surface area contributed by atoms with Gasteiger partial charge in [-0.3, -0.25) is 4.98 Å². The molecule has 0 aromatic carbocycles. The fraction of sp³-hybridized carbons (Fsp3) is 0.600. The Morgan fingerprint density at radius 3 is 2.89 bits per heavy atom. The van der Waals surface area contributed by atoms with E-state index in [0.717, 1.165) is 23.7 Å². The first kappa shape index (κ1) is 12.9. The van der Waals surface area contributed by atoms with Crippen molar-refractivity contribution >= 4 is 22.6 Å². The largest absolute Gasteiger partial charge is 0.324 e. The molecule has 0 amide bonds. The van der Waals surface area contributed by atoms with Crippen LogP contribution in [0.15, 0.2) is 18.5 Å².